The monoisotopic (exact) mass is 236 g/mol. The number of amides is 2. The van der Waals surface area contributed by atoms with E-state index in [-0.39, 0.29) is 5.56 Å². The van der Waals surface area contributed by atoms with Crippen LogP contribution in [0.25, 0.3) is 0 Å². The number of carbonyl (C=O) groups is 3. The number of carbonyl (C=O) groups excluding carboxylic acids is 3. The third-order valence-electron chi connectivity index (χ3n) is 1.96. The summed E-state index contributed by atoms with van der Waals surface area (Å²) in [6, 6.07) is 7.12. The summed E-state index contributed by atoms with van der Waals surface area (Å²) in [6.45, 7) is 1.39. The van der Waals surface area contributed by atoms with Gasteiger partial charge in [0.1, 0.15) is 6.04 Å². The lowest BCUT2D eigenvalue weighted by molar-refractivity contribution is -0.119. The fourth-order valence-corrected chi connectivity index (χ4v) is 0.995. The van der Waals surface area contributed by atoms with E-state index < -0.39 is 24.0 Å². The highest BCUT2D eigenvalue weighted by molar-refractivity contribution is 5.97. The Hall–Kier alpha value is -2.37. The number of primary amides is 1. The first-order chi connectivity index (χ1) is 8.00. The van der Waals surface area contributed by atoms with Crippen LogP contribution in [-0.2, 0) is 9.53 Å². The zero-order valence-corrected chi connectivity index (χ0v) is 9.17. The van der Waals surface area contributed by atoms with Crippen LogP contribution in [0, 0.1) is 0 Å². The summed E-state index contributed by atoms with van der Waals surface area (Å²) in [5.74, 6) is -1.51. The van der Waals surface area contributed by atoms with Crippen molar-refractivity contribution in [3.63, 3.8) is 0 Å². The molecule has 2 amide bonds. The smallest absolute Gasteiger partial charge is 0.373 e. The molecule has 90 valence electrons. The molecule has 0 heterocycles. The van der Waals surface area contributed by atoms with Crippen molar-refractivity contribution in [2.24, 2.45) is 5.73 Å². The van der Waals surface area contributed by atoms with Gasteiger partial charge >= 0.3 is 12.1 Å². The normalized spacial score (nSPS) is 11.4. The lowest BCUT2D eigenvalue weighted by Gasteiger charge is -2.09. The van der Waals surface area contributed by atoms with E-state index in [1.165, 1.54) is 19.1 Å². The average molecular weight is 236 g/mol. The minimum Gasteiger partial charge on any atom is -0.373 e. The van der Waals surface area contributed by atoms with E-state index in [9.17, 15) is 14.4 Å². The van der Waals surface area contributed by atoms with E-state index in [4.69, 9.17) is 5.73 Å². The lowest BCUT2D eigenvalue weighted by atomic mass is 10.2. The van der Waals surface area contributed by atoms with Gasteiger partial charge in [0, 0.05) is 0 Å². The van der Waals surface area contributed by atoms with Crippen molar-refractivity contribution < 1.29 is 19.1 Å². The van der Waals surface area contributed by atoms with Crippen molar-refractivity contribution in [2.45, 2.75) is 13.0 Å². The first-order valence-corrected chi connectivity index (χ1v) is 4.87. The summed E-state index contributed by atoms with van der Waals surface area (Å²) in [7, 11) is 0. The van der Waals surface area contributed by atoms with Gasteiger partial charge in [0.25, 0.3) is 0 Å². The van der Waals surface area contributed by atoms with Crippen molar-refractivity contribution in [1.29, 1.82) is 0 Å². The molecule has 0 saturated carbocycles. The zero-order chi connectivity index (χ0) is 12.8. The molecule has 0 radical (unpaired) electrons. The van der Waals surface area contributed by atoms with Gasteiger partial charge in [-0.05, 0) is 19.1 Å². The Morgan fingerprint density at radius 2 is 1.82 bits per heavy atom. The molecule has 0 bridgehead atoms. The van der Waals surface area contributed by atoms with Gasteiger partial charge < -0.3 is 15.8 Å². The summed E-state index contributed by atoms with van der Waals surface area (Å²) in [6.07, 6.45) is -1.01. The van der Waals surface area contributed by atoms with Crippen molar-refractivity contribution in [3.8, 4) is 0 Å². The quantitative estimate of drug-likeness (QED) is 0.587. The zero-order valence-electron chi connectivity index (χ0n) is 9.17. The second kappa shape index (κ2) is 5.64. The second-order valence-electron chi connectivity index (χ2n) is 3.31. The van der Waals surface area contributed by atoms with Crippen molar-refractivity contribution in [3.05, 3.63) is 35.9 Å². The molecule has 1 atom stereocenters. The van der Waals surface area contributed by atoms with E-state index in [2.05, 4.69) is 10.1 Å². The van der Waals surface area contributed by atoms with Gasteiger partial charge in [-0.25, -0.2) is 9.59 Å². The predicted octanol–water partition coefficient (Wildman–Crippen LogP) is 0.427. The van der Waals surface area contributed by atoms with Crippen molar-refractivity contribution in [2.75, 3.05) is 0 Å². The number of nitrogens with two attached hydrogens (primary N) is 1. The fraction of sp³-hybridized carbons (Fsp3) is 0.182. The fourth-order valence-electron chi connectivity index (χ4n) is 0.995. The van der Waals surface area contributed by atoms with Gasteiger partial charge in [-0.15, -0.1) is 0 Å². The maximum absolute atomic E-state index is 11.4. The van der Waals surface area contributed by atoms with Crippen LogP contribution in [0.3, 0.4) is 0 Å². The molecule has 3 N–H and O–H groups in total. The molecule has 0 aliphatic rings. The van der Waals surface area contributed by atoms with Crippen LogP contribution in [0.5, 0.6) is 0 Å². The molecule has 1 aromatic rings. The number of nitrogens with one attached hydrogen (secondary N) is 1. The predicted molar refractivity (Wildman–Crippen MR) is 59.0 cm³/mol. The lowest BCUT2D eigenvalue weighted by Crippen LogP contribution is -2.43. The number of rotatable bonds is 3. The highest BCUT2D eigenvalue weighted by Gasteiger charge is 2.16. The molecule has 1 aromatic carbocycles. The number of alkyl carbamates (subject to hydrolysis) is 1. The summed E-state index contributed by atoms with van der Waals surface area (Å²) in [5.41, 5.74) is 5.18. The van der Waals surface area contributed by atoms with Crippen molar-refractivity contribution >= 4 is 18.0 Å². The number of ether oxygens (including phenoxy) is 1. The molecule has 0 saturated heterocycles. The standard InChI is InChI=1S/C11H12N2O4/c1-7(9(12)14)13-11(16)17-10(15)8-5-3-2-4-6-8/h2-7H,1H3,(H2,12,14)(H,13,16). The molecule has 17 heavy (non-hydrogen) atoms. The van der Waals surface area contributed by atoms with Crippen LogP contribution in [-0.4, -0.2) is 24.0 Å². The Balaban J connectivity index is 2.53. The molecule has 0 aliphatic heterocycles. The van der Waals surface area contributed by atoms with Crippen LogP contribution >= 0.6 is 0 Å². The molecule has 6 heteroatoms. The molecule has 0 fully saturated rings. The van der Waals surface area contributed by atoms with E-state index in [0.717, 1.165) is 0 Å². The van der Waals surface area contributed by atoms with Gasteiger partial charge in [-0.2, -0.15) is 0 Å². The van der Waals surface area contributed by atoms with E-state index in [1.54, 1.807) is 18.2 Å². The van der Waals surface area contributed by atoms with Crippen molar-refractivity contribution in [1.82, 2.24) is 5.32 Å². The maximum atomic E-state index is 11.4. The first-order valence-electron chi connectivity index (χ1n) is 4.87. The Labute approximate surface area is 97.7 Å². The van der Waals surface area contributed by atoms with E-state index in [1.807, 2.05) is 0 Å². The number of hydrogen-bond donors (Lipinski definition) is 2. The summed E-state index contributed by atoms with van der Waals surface area (Å²) in [5, 5.41) is 2.12. The Morgan fingerprint density at radius 1 is 1.24 bits per heavy atom. The van der Waals surface area contributed by atoms with Gasteiger partial charge in [-0.1, -0.05) is 18.2 Å². The highest BCUT2D eigenvalue weighted by atomic mass is 16.6. The molecule has 6 nitrogen and oxygen atoms in total. The van der Waals surface area contributed by atoms with Crippen LogP contribution in [0.2, 0.25) is 0 Å². The van der Waals surface area contributed by atoms with Crippen LogP contribution in [0.1, 0.15) is 17.3 Å². The Bertz CT molecular complexity index is 430. The van der Waals surface area contributed by atoms with E-state index >= 15 is 0 Å². The largest absolute Gasteiger partial charge is 0.415 e. The molecule has 0 aliphatic carbocycles. The number of hydrogen-bond acceptors (Lipinski definition) is 4. The number of esters is 1. The molecule has 1 unspecified atom stereocenters. The summed E-state index contributed by atoms with van der Waals surface area (Å²) < 4.78 is 4.46. The number of benzene rings is 1. The van der Waals surface area contributed by atoms with Gasteiger partial charge in [0.05, 0.1) is 5.56 Å². The Morgan fingerprint density at radius 3 is 2.35 bits per heavy atom. The van der Waals surface area contributed by atoms with Gasteiger partial charge in [-0.3, -0.25) is 4.79 Å². The minimum atomic E-state index is -1.01. The van der Waals surface area contributed by atoms with Gasteiger partial charge in [0.2, 0.25) is 5.91 Å². The summed E-state index contributed by atoms with van der Waals surface area (Å²) in [4.78, 5) is 33.2. The van der Waals surface area contributed by atoms with E-state index in [0.29, 0.717) is 0 Å². The van der Waals surface area contributed by atoms with Crippen LogP contribution in [0.4, 0.5) is 4.79 Å². The summed E-state index contributed by atoms with van der Waals surface area (Å²) >= 11 is 0. The third-order valence-corrected chi connectivity index (χ3v) is 1.96. The minimum absolute atomic E-state index is 0.245. The Kier molecular flexibility index (Phi) is 4.21. The topological polar surface area (TPSA) is 98.5 Å². The molecule has 0 aromatic heterocycles. The van der Waals surface area contributed by atoms with Crippen LogP contribution in [0.15, 0.2) is 30.3 Å². The highest BCUT2D eigenvalue weighted by Crippen LogP contribution is 2.01. The third kappa shape index (κ3) is 3.94. The second-order valence-corrected chi connectivity index (χ2v) is 3.31. The SMILES string of the molecule is CC(NC(=O)OC(=O)c1ccccc1)C(N)=O. The molecular weight excluding hydrogens is 224 g/mol. The average Bonchev–Trinajstić information content (AvgIpc) is 2.29. The molecule has 1 rings (SSSR count). The maximum Gasteiger partial charge on any atom is 0.415 e. The van der Waals surface area contributed by atoms with Gasteiger partial charge in [0.15, 0.2) is 0 Å². The first kappa shape index (κ1) is 12.7. The van der Waals surface area contributed by atoms with Crippen LogP contribution < -0.4 is 11.1 Å². The molecule has 0 spiro atoms. The molecular formula is C11H12N2O4.